The van der Waals surface area contributed by atoms with Crippen molar-refractivity contribution in [3.63, 3.8) is 0 Å². The number of piperazine rings is 1. The second-order valence-corrected chi connectivity index (χ2v) is 8.92. The van der Waals surface area contributed by atoms with E-state index in [0.29, 0.717) is 31.1 Å². The third kappa shape index (κ3) is 2.93. The summed E-state index contributed by atoms with van der Waals surface area (Å²) in [7, 11) is -3.51. The Morgan fingerprint density at radius 1 is 0.821 bits per heavy atom. The highest BCUT2D eigenvalue weighted by atomic mass is 32.2. The lowest BCUT2D eigenvalue weighted by atomic mass is 10.1. The van der Waals surface area contributed by atoms with Crippen LogP contribution in [0.1, 0.15) is 0 Å². The van der Waals surface area contributed by atoms with Gasteiger partial charge in [-0.05, 0) is 35.0 Å². The number of hydrogen-bond donors (Lipinski definition) is 1. The minimum atomic E-state index is -3.51. The van der Waals surface area contributed by atoms with Crippen LogP contribution in [-0.2, 0) is 10.0 Å². The number of rotatable bonds is 3. The van der Waals surface area contributed by atoms with Gasteiger partial charge in [-0.15, -0.1) is 0 Å². The first-order chi connectivity index (χ1) is 13.6. The van der Waals surface area contributed by atoms with Crippen molar-refractivity contribution in [2.75, 3.05) is 31.1 Å². The fourth-order valence-electron chi connectivity index (χ4n) is 3.71. The van der Waals surface area contributed by atoms with Crippen LogP contribution in [0.2, 0.25) is 0 Å². The van der Waals surface area contributed by atoms with Gasteiger partial charge in [-0.25, -0.2) is 13.4 Å². The molecule has 4 aromatic rings. The van der Waals surface area contributed by atoms with E-state index < -0.39 is 10.0 Å². The molecule has 1 aliphatic rings. The maximum absolute atomic E-state index is 13.1. The van der Waals surface area contributed by atoms with Crippen LogP contribution in [0.15, 0.2) is 71.6 Å². The van der Waals surface area contributed by atoms with Crippen LogP contribution >= 0.6 is 0 Å². The molecule has 6 nitrogen and oxygen atoms in total. The first-order valence-electron chi connectivity index (χ1n) is 9.30. The smallest absolute Gasteiger partial charge is 0.243 e. The van der Waals surface area contributed by atoms with Crippen LogP contribution in [-0.4, -0.2) is 48.9 Å². The predicted molar refractivity (Wildman–Crippen MR) is 111 cm³/mol. The number of benzene rings is 3. The van der Waals surface area contributed by atoms with E-state index in [-0.39, 0.29) is 0 Å². The van der Waals surface area contributed by atoms with Gasteiger partial charge in [-0.2, -0.15) is 4.31 Å². The van der Waals surface area contributed by atoms with Crippen molar-refractivity contribution in [1.82, 2.24) is 14.3 Å². The number of nitrogens with zero attached hydrogens (tertiary/aromatic N) is 3. The molecular formula is C21H20N4O2S. The van der Waals surface area contributed by atoms with E-state index >= 15 is 0 Å². The van der Waals surface area contributed by atoms with Gasteiger partial charge in [0.2, 0.25) is 16.0 Å². The second-order valence-electron chi connectivity index (χ2n) is 6.98. The maximum Gasteiger partial charge on any atom is 0.243 e. The summed E-state index contributed by atoms with van der Waals surface area (Å²) in [6, 6.07) is 21.0. The highest BCUT2D eigenvalue weighted by Crippen LogP contribution is 2.24. The van der Waals surface area contributed by atoms with Crippen LogP contribution < -0.4 is 4.90 Å². The number of imidazole rings is 1. The van der Waals surface area contributed by atoms with E-state index in [4.69, 9.17) is 0 Å². The molecule has 0 radical (unpaired) electrons. The van der Waals surface area contributed by atoms with E-state index in [1.54, 1.807) is 16.4 Å². The van der Waals surface area contributed by atoms with Gasteiger partial charge in [-0.3, -0.25) is 0 Å². The average molecular weight is 392 g/mol. The summed E-state index contributed by atoms with van der Waals surface area (Å²) in [4.78, 5) is 10.4. The van der Waals surface area contributed by atoms with Crippen LogP contribution in [0.25, 0.3) is 21.8 Å². The maximum atomic E-state index is 13.1. The fourth-order valence-corrected chi connectivity index (χ4v) is 5.16. The van der Waals surface area contributed by atoms with Crippen molar-refractivity contribution >= 4 is 37.8 Å². The third-order valence-corrected chi connectivity index (χ3v) is 7.17. The molecular weight excluding hydrogens is 372 g/mol. The lowest BCUT2D eigenvalue weighted by Crippen LogP contribution is -2.49. The van der Waals surface area contributed by atoms with Crippen LogP contribution in [0.5, 0.6) is 0 Å². The number of H-pyrrole nitrogens is 1. The Kier molecular flexibility index (Phi) is 4.07. The van der Waals surface area contributed by atoms with Gasteiger partial charge in [-0.1, -0.05) is 42.5 Å². The molecule has 7 heteroatoms. The summed E-state index contributed by atoms with van der Waals surface area (Å²) in [6.07, 6.45) is 0. The predicted octanol–water partition coefficient (Wildman–Crippen LogP) is 3.23. The molecule has 0 amide bonds. The molecule has 5 rings (SSSR count). The van der Waals surface area contributed by atoms with Crippen molar-refractivity contribution in [3.8, 4) is 0 Å². The molecule has 3 aromatic carbocycles. The van der Waals surface area contributed by atoms with Gasteiger partial charge in [0.05, 0.1) is 15.9 Å². The molecule has 142 valence electrons. The molecule has 0 saturated carbocycles. The Hall–Kier alpha value is -2.90. The van der Waals surface area contributed by atoms with Crippen molar-refractivity contribution in [1.29, 1.82) is 0 Å². The molecule has 0 atom stereocenters. The lowest BCUT2D eigenvalue weighted by molar-refractivity contribution is 0.383. The average Bonchev–Trinajstić information content (AvgIpc) is 3.18. The van der Waals surface area contributed by atoms with E-state index in [1.807, 2.05) is 54.6 Å². The Balaban J connectivity index is 1.36. The number of fused-ring (bicyclic) bond motifs is 2. The van der Waals surface area contributed by atoms with E-state index in [2.05, 4.69) is 14.9 Å². The molecule has 0 bridgehead atoms. The summed E-state index contributed by atoms with van der Waals surface area (Å²) in [5.41, 5.74) is 1.91. The number of aromatic nitrogens is 2. The summed E-state index contributed by atoms with van der Waals surface area (Å²) in [5, 5.41) is 1.97. The molecule has 1 fully saturated rings. The van der Waals surface area contributed by atoms with Gasteiger partial charge >= 0.3 is 0 Å². The SMILES string of the molecule is O=S(=O)(c1ccc2ccccc2c1)N1CCN(c2nc3ccccc3[nH]2)CC1. The van der Waals surface area contributed by atoms with Gasteiger partial charge in [0, 0.05) is 26.2 Å². The highest BCUT2D eigenvalue weighted by molar-refractivity contribution is 7.89. The normalized spacial score (nSPS) is 16.1. The van der Waals surface area contributed by atoms with Gasteiger partial charge < -0.3 is 9.88 Å². The summed E-state index contributed by atoms with van der Waals surface area (Å²) >= 11 is 0. The summed E-state index contributed by atoms with van der Waals surface area (Å²) in [5.74, 6) is 0.795. The van der Waals surface area contributed by atoms with Crippen LogP contribution in [0.4, 0.5) is 5.95 Å². The lowest BCUT2D eigenvalue weighted by Gasteiger charge is -2.33. The molecule has 1 aromatic heterocycles. The Bertz CT molecular complexity index is 1220. The van der Waals surface area contributed by atoms with Crippen LogP contribution in [0, 0.1) is 0 Å². The third-order valence-electron chi connectivity index (χ3n) is 5.27. The second kappa shape index (κ2) is 6.61. The van der Waals surface area contributed by atoms with Gasteiger partial charge in [0.1, 0.15) is 0 Å². The zero-order valence-corrected chi connectivity index (χ0v) is 16.1. The Labute approximate surface area is 163 Å². The molecule has 2 heterocycles. The van der Waals surface area contributed by atoms with Crippen molar-refractivity contribution in [3.05, 3.63) is 66.7 Å². The van der Waals surface area contributed by atoms with E-state index in [9.17, 15) is 8.42 Å². The topological polar surface area (TPSA) is 69.3 Å². The standard InChI is InChI=1S/C21H20N4O2S/c26-28(27,18-10-9-16-5-1-2-6-17(16)15-18)25-13-11-24(12-14-25)21-22-19-7-3-4-8-20(19)23-21/h1-10,15H,11-14H2,(H,22,23). The van der Waals surface area contributed by atoms with Crippen LogP contribution in [0.3, 0.4) is 0 Å². The number of sulfonamides is 1. The number of aromatic amines is 1. The molecule has 28 heavy (non-hydrogen) atoms. The largest absolute Gasteiger partial charge is 0.340 e. The number of anilines is 1. The molecule has 0 unspecified atom stereocenters. The number of nitrogens with one attached hydrogen (secondary N) is 1. The minimum Gasteiger partial charge on any atom is -0.340 e. The first-order valence-corrected chi connectivity index (χ1v) is 10.7. The highest BCUT2D eigenvalue weighted by Gasteiger charge is 2.29. The minimum absolute atomic E-state index is 0.350. The Morgan fingerprint density at radius 2 is 1.54 bits per heavy atom. The number of para-hydroxylation sites is 2. The number of hydrogen-bond acceptors (Lipinski definition) is 4. The van der Waals surface area contributed by atoms with Crippen molar-refractivity contribution < 1.29 is 8.42 Å². The molecule has 1 N–H and O–H groups in total. The zero-order valence-electron chi connectivity index (χ0n) is 15.2. The van der Waals surface area contributed by atoms with Gasteiger partial charge in [0.25, 0.3) is 0 Å². The Morgan fingerprint density at radius 3 is 2.32 bits per heavy atom. The summed E-state index contributed by atoms with van der Waals surface area (Å²) in [6.45, 7) is 2.08. The molecule has 1 aliphatic heterocycles. The van der Waals surface area contributed by atoms with E-state index in [1.165, 1.54) is 0 Å². The monoisotopic (exact) mass is 392 g/mol. The molecule has 0 aliphatic carbocycles. The van der Waals surface area contributed by atoms with E-state index in [0.717, 1.165) is 27.8 Å². The summed E-state index contributed by atoms with van der Waals surface area (Å²) < 4.78 is 27.8. The molecule has 1 saturated heterocycles. The molecule has 0 spiro atoms. The fraction of sp³-hybridized carbons (Fsp3) is 0.190. The van der Waals surface area contributed by atoms with Gasteiger partial charge in [0.15, 0.2) is 0 Å². The quantitative estimate of drug-likeness (QED) is 0.581. The van der Waals surface area contributed by atoms with Crippen molar-refractivity contribution in [2.24, 2.45) is 0 Å². The first kappa shape index (κ1) is 17.2. The zero-order chi connectivity index (χ0) is 19.1. The van der Waals surface area contributed by atoms with Crippen molar-refractivity contribution in [2.45, 2.75) is 4.90 Å².